The summed E-state index contributed by atoms with van der Waals surface area (Å²) in [7, 11) is 0. The third kappa shape index (κ3) is 3.71. The van der Waals surface area contributed by atoms with Gasteiger partial charge in [0.25, 0.3) is 0 Å². The molecule has 1 unspecified atom stereocenters. The van der Waals surface area contributed by atoms with Crippen LogP contribution in [-0.2, 0) is 11.4 Å². The zero-order valence-electron chi connectivity index (χ0n) is 10.4. The molecule has 5 heteroatoms. The first-order valence-corrected chi connectivity index (χ1v) is 6.58. The van der Waals surface area contributed by atoms with Gasteiger partial charge < -0.3 is 14.9 Å². The lowest BCUT2D eigenvalue weighted by atomic mass is 10.1. The summed E-state index contributed by atoms with van der Waals surface area (Å²) in [6.45, 7) is 3.54. The van der Waals surface area contributed by atoms with Gasteiger partial charge in [0.05, 0.1) is 6.61 Å². The van der Waals surface area contributed by atoms with Crippen molar-refractivity contribution in [3.05, 3.63) is 27.7 Å². The molecule has 0 heterocycles. The molecule has 0 aromatic heterocycles. The van der Waals surface area contributed by atoms with Gasteiger partial charge in [0, 0.05) is 10.0 Å². The standard InChI is InChI=1S/C13H17BrO4/c1-3-4-11(13(16)17)18-12-8(2)5-10(14)6-9(12)7-15/h5-6,11,15H,3-4,7H2,1-2H3,(H,16,17). The highest BCUT2D eigenvalue weighted by molar-refractivity contribution is 9.10. The van der Waals surface area contributed by atoms with Crippen molar-refractivity contribution in [1.29, 1.82) is 0 Å². The molecule has 0 bridgehead atoms. The van der Waals surface area contributed by atoms with E-state index < -0.39 is 12.1 Å². The molecule has 1 aromatic carbocycles. The van der Waals surface area contributed by atoms with E-state index >= 15 is 0 Å². The molecule has 0 spiro atoms. The van der Waals surface area contributed by atoms with Gasteiger partial charge >= 0.3 is 5.97 Å². The number of ether oxygens (including phenoxy) is 1. The molecule has 1 atom stereocenters. The number of rotatable bonds is 6. The smallest absolute Gasteiger partial charge is 0.344 e. The van der Waals surface area contributed by atoms with Gasteiger partial charge in [0.1, 0.15) is 5.75 Å². The lowest BCUT2D eigenvalue weighted by molar-refractivity contribution is -0.145. The Bertz CT molecular complexity index is 431. The summed E-state index contributed by atoms with van der Waals surface area (Å²) in [5.74, 6) is -0.524. The van der Waals surface area contributed by atoms with Crippen LogP contribution in [0, 0.1) is 6.92 Å². The number of aryl methyl sites for hydroxylation is 1. The number of aliphatic hydroxyl groups excluding tert-OH is 1. The van der Waals surface area contributed by atoms with Gasteiger partial charge in [0.2, 0.25) is 0 Å². The molecule has 0 saturated heterocycles. The van der Waals surface area contributed by atoms with E-state index in [0.29, 0.717) is 17.7 Å². The van der Waals surface area contributed by atoms with Crippen molar-refractivity contribution < 1.29 is 19.7 Å². The minimum atomic E-state index is -0.983. The van der Waals surface area contributed by atoms with Crippen LogP contribution in [0.15, 0.2) is 16.6 Å². The number of halogens is 1. The average Bonchev–Trinajstić information content (AvgIpc) is 2.30. The molecule has 100 valence electrons. The first kappa shape index (κ1) is 15.0. The van der Waals surface area contributed by atoms with E-state index in [-0.39, 0.29) is 6.61 Å². The molecular formula is C13H17BrO4. The Morgan fingerprint density at radius 1 is 1.50 bits per heavy atom. The summed E-state index contributed by atoms with van der Waals surface area (Å²) in [5, 5.41) is 18.4. The third-order valence-electron chi connectivity index (χ3n) is 2.57. The van der Waals surface area contributed by atoms with Gasteiger partial charge in [-0.25, -0.2) is 4.79 Å². The second-order valence-electron chi connectivity index (χ2n) is 4.10. The molecule has 0 aliphatic rings. The maximum atomic E-state index is 11.1. The van der Waals surface area contributed by atoms with Gasteiger partial charge in [-0.2, -0.15) is 0 Å². The van der Waals surface area contributed by atoms with Gasteiger partial charge in [-0.05, 0) is 31.0 Å². The van der Waals surface area contributed by atoms with E-state index in [9.17, 15) is 9.90 Å². The first-order valence-electron chi connectivity index (χ1n) is 5.79. The average molecular weight is 317 g/mol. The van der Waals surface area contributed by atoms with Crippen molar-refractivity contribution in [2.75, 3.05) is 0 Å². The first-order chi connectivity index (χ1) is 8.49. The maximum absolute atomic E-state index is 11.1. The molecule has 0 fully saturated rings. The van der Waals surface area contributed by atoms with Crippen LogP contribution in [-0.4, -0.2) is 22.3 Å². The Hall–Kier alpha value is -1.07. The second-order valence-corrected chi connectivity index (χ2v) is 5.02. The van der Waals surface area contributed by atoms with Crippen LogP contribution < -0.4 is 4.74 Å². The normalized spacial score (nSPS) is 12.2. The Morgan fingerprint density at radius 2 is 2.17 bits per heavy atom. The lowest BCUT2D eigenvalue weighted by Gasteiger charge is -2.19. The summed E-state index contributed by atoms with van der Waals surface area (Å²) in [5.41, 5.74) is 1.39. The molecule has 0 radical (unpaired) electrons. The van der Waals surface area contributed by atoms with E-state index in [1.807, 2.05) is 19.9 Å². The number of carbonyl (C=O) groups is 1. The van der Waals surface area contributed by atoms with E-state index in [2.05, 4.69) is 15.9 Å². The molecule has 18 heavy (non-hydrogen) atoms. The summed E-state index contributed by atoms with van der Waals surface area (Å²) in [6, 6.07) is 3.56. The van der Waals surface area contributed by atoms with Crippen molar-refractivity contribution in [2.24, 2.45) is 0 Å². The van der Waals surface area contributed by atoms with E-state index in [1.54, 1.807) is 6.07 Å². The largest absolute Gasteiger partial charge is 0.479 e. The number of carboxylic acid groups (broad SMARTS) is 1. The number of hydrogen-bond acceptors (Lipinski definition) is 3. The number of aliphatic hydroxyl groups is 1. The zero-order chi connectivity index (χ0) is 13.7. The van der Waals surface area contributed by atoms with Crippen molar-refractivity contribution in [3.8, 4) is 5.75 Å². The van der Waals surface area contributed by atoms with Crippen LogP contribution in [0.3, 0.4) is 0 Å². The van der Waals surface area contributed by atoms with Crippen LogP contribution >= 0.6 is 15.9 Å². The summed E-state index contributed by atoms with van der Waals surface area (Å²) in [4.78, 5) is 11.1. The molecule has 0 saturated carbocycles. The Labute approximate surface area is 115 Å². The molecule has 0 aliphatic heterocycles. The summed E-state index contributed by atoms with van der Waals surface area (Å²) >= 11 is 3.33. The molecule has 0 aliphatic carbocycles. The van der Waals surface area contributed by atoms with E-state index in [0.717, 1.165) is 16.5 Å². The predicted octanol–water partition coefficient (Wildman–Crippen LogP) is 2.88. The van der Waals surface area contributed by atoms with Crippen LogP contribution in [0.4, 0.5) is 0 Å². The van der Waals surface area contributed by atoms with Gasteiger partial charge in [-0.1, -0.05) is 29.3 Å². The van der Waals surface area contributed by atoms with Crippen LogP contribution in [0.25, 0.3) is 0 Å². The topological polar surface area (TPSA) is 66.8 Å². The molecule has 2 N–H and O–H groups in total. The van der Waals surface area contributed by atoms with Gasteiger partial charge in [-0.3, -0.25) is 0 Å². The van der Waals surface area contributed by atoms with Gasteiger partial charge in [-0.15, -0.1) is 0 Å². The van der Waals surface area contributed by atoms with E-state index in [1.165, 1.54) is 0 Å². The maximum Gasteiger partial charge on any atom is 0.344 e. The minimum Gasteiger partial charge on any atom is -0.479 e. The molecule has 1 aromatic rings. The van der Waals surface area contributed by atoms with Crippen LogP contribution in [0.2, 0.25) is 0 Å². The van der Waals surface area contributed by atoms with Crippen molar-refractivity contribution in [2.45, 2.75) is 39.4 Å². The Morgan fingerprint density at radius 3 is 2.67 bits per heavy atom. The molecule has 4 nitrogen and oxygen atoms in total. The molecular weight excluding hydrogens is 300 g/mol. The number of hydrogen-bond donors (Lipinski definition) is 2. The predicted molar refractivity (Wildman–Crippen MR) is 71.8 cm³/mol. The highest BCUT2D eigenvalue weighted by atomic mass is 79.9. The fourth-order valence-corrected chi connectivity index (χ4v) is 2.34. The molecule has 1 rings (SSSR count). The second kappa shape index (κ2) is 6.75. The monoisotopic (exact) mass is 316 g/mol. The third-order valence-corrected chi connectivity index (χ3v) is 3.03. The number of benzene rings is 1. The van der Waals surface area contributed by atoms with Crippen molar-refractivity contribution in [1.82, 2.24) is 0 Å². The Balaban J connectivity index is 3.04. The fraction of sp³-hybridized carbons (Fsp3) is 0.462. The van der Waals surface area contributed by atoms with Gasteiger partial charge in [0.15, 0.2) is 6.10 Å². The molecule has 0 amide bonds. The SMILES string of the molecule is CCCC(Oc1c(C)cc(Br)cc1CO)C(=O)O. The number of aliphatic carboxylic acids is 1. The van der Waals surface area contributed by atoms with Crippen molar-refractivity contribution >= 4 is 21.9 Å². The lowest BCUT2D eigenvalue weighted by Crippen LogP contribution is -2.27. The fourth-order valence-electron chi connectivity index (χ4n) is 1.72. The summed E-state index contributed by atoms with van der Waals surface area (Å²) in [6.07, 6.45) is 0.289. The highest BCUT2D eigenvalue weighted by Gasteiger charge is 2.21. The Kier molecular flexibility index (Phi) is 5.62. The van der Waals surface area contributed by atoms with Crippen molar-refractivity contribution in [3.63, 3.8) is 0 Å². The minimum absolute atomic E-state index is 0.186. The zero-order valence-corrected chi connectivity index (χ0v) is 12.0. The van der Waals surface area contributed by atoms with Crippen LogP contribution in [0.5, 0.6) is 5.75 Å². The highest BCUT2D eigenvalue weighted by Crippen LogP contribution is 2.29. The van der Waals surface area contributed by atoms with E-state index in [4.69, 9.17) is 9.84 Å². The quantitative estimate of drug-likeness (QED) is 0.847. The number of carboxylic acids is 1. The van der Waals surface area contributed by atoms with Crippen LogP contribution in [0.1, 0.15) is 30.9 Å². The summed E-state index contributed by atoms with van der Waals surface area (Å²) < 4.78 is 6.38.